The van der Waals surface area contributed by atoms with E-state index in [0.717, 1.165) is 26.6 Å². The molecular formula is C21H19BrN4O2. The van der Waals surface area contributed by atoms with E-state index >= 15 is 0 Å². The normalized spacial score (nSPS) is 14.0. The molecule has 2 heterocycles. The van der Waals surface area contributed by atoms with Gasteiger partial charge in [0.15, 0.2) is 0 Å². The molecule has 4 rings (SSSR count). The molecule has 2 amide bonds. The quantitative estimate of drug-likeness (QED) is 0.655. The van der Waals surface area contributed by atoms with Gasteiger partial charge in [-0.2, -0.15) is 0 Å². The van der Waals surface area contributed by atoms with Crippen LogP contribution in [0.1, 0.15) is 15.9 Å². The first kappa shape index (κ1) is 18.4. The number of nitrogens with zero attached hydrogens (tertiary/aromatic N) is 2. The summed E-state index contributed by atoms with van der Waals surface area (Å²) < 4.78 is 0.996. The van der Waals surface area contributed by atoms with Crippen LogP contribution in [-0.4, -0.2) is 41.3 Å². The molecule has 6 nitrogen and oxygen atoms in total. The Balaban J connectivity index is 1.44. The molecule has 2 N–H and O–H groups in total. The average Bonchev–Trinajstić information content (AvgIpc) is 2.72. The van der Waals surface area contributed by atoms with Gasteiger partial charge in [0.05, 0.1) is 12.1 Å². The van der Waals surface area contributed by atoms with Crippen molar-refractivity contribution < 1.29 is 9.59 Å². The number of rotatable bonds is 4. The van der Waals surface area contributed by atoms with Gasteiger partial charge in [-0.1, -0.05) is 28.1 Å². The third kappa shape index (κ3) is 3.99. The number of nitrogens with one attached hydrogen (secondary N) is 2. The van der Waals surface area contributed by atoms with E-state index in [9.17, 15) is 9.59 Å². The standard InChI is InChI=1S/C21H19BrN4O2/c22-16-5-6-17-18(7-8-23-19(17)11-16)25-12-14-1-3-15(4-2-14)21(28)26-10-9-24-20(27)13-26/h1-8,11H,9-10,12-13H2,(H,23,25)(H,24,27). The maximum Gasteiger partial charge on any atom is 0.254 e. The van der Waals surface area contributed by atoms with Crippen molar-refractivity contribution in [1.29, 1.82) is 0 Å². The van der Waals surface area contributed by atoms with Gasteiger partial charge < -0.3 is 15.5 Å². The number of carbonyl (C=O) groups excluding carboxylic acids is 2. The average molecular weight is 439 g/mol. The number of carbonyl (C=O) groups is 2. The Hall–Kier alpha value is -2.93. The van der Waals surface area contributed by atoms with Gasteiger partial charge in [-0.3, -0.25) is 14.6 Å². The fourth-order valence-corrected chi connectivity index (χ4v) is 3.58. The van der Waals surface area contributed by atoms with E-state index in [-0.39, 0.29) is 18.4 Å². The highest BCUT2D eigenvalue weighted by molar-refractivity contribution is 9.10. The van der Waals surface area contributed by atoms with Crippen LogP contribution in [0.4, 0.5) is 5.69 Å². The molecular weight excluding hydrogens is 420 g/mol. The van der Waals surface area contributed by atoms with Gasteiger partial charge in [-0.05, 0) is 42.0 Å². The summed E-state index contributed by atoms with van der Waals surface area (Å²) in [7, 11) is 0. The van der Waals surface area contributed by atoms with Crippen LogP contribution < -0.4 is 10.6 Å². The second-order valence-electron chi connectivity index (χ2n) is 6.65. The van der Waals surface area contributed by atoms with Crippen LogP contribution in [0.3, 0.4) is 0 Å². The van der Waals surface area contributed by atoms with Crippen LogP contribution in [0.2, 0.25) is 0 Å². The SMILES string of the molecule is O=C1CN(C(=O)c2ccc(CNc3ccnc4cc(Br)ccc34)cc2)CCN1. The van der Waals surface area contributed by atoms with Gasteiger partial charge in [0.1, 0.15) is 0 Å². The number of piperazine rings is 1. The van der Waals surface area contributed by atoms with Crippen LogP contribution in [0.25, 0.3) is 10.9 Å². The van der Waals surface area contributed by atoms with Crippen LogP contribution in [0.15, 0.2) is 59.2 Å². The molecule has 1 aliphatic heterocycles. The number of halogens is 1. The number of amides is 2. The number of pyridine rings is 1. The van der Waals surface area contributed by atoms with Crippen molar-refractivity contribution in [2.24, 2.45) is 0 Å². The van der Waals surface area contributed by atoms with E-state index in [4.69, 9.17) is 0 Å². The zero-order valence-electron chi connectivity index (χ0n) is 15.1. The van der Waals surface area contributed by atoms with E-state index in [1.165, 1.54) is 0 Å². The predicted octanol–water partition coefficient (Wildman–Crippen LogP) is 3.18. The minimum atomic E-state index is -0.114. The molecule has 142 valence electrons. The van der Waals surface area contributed by atoms with Gasteiger partial charge in [0.25, 0.3) is 5.91 Å². The summed E-state index contributed by atoms with van der Waals surface area (Å²) >= 11 is 3.47. The third-order valence-electron chi connectivity index (χ3n) is 4.71. The first-order valence-corrected chi connectivity index (χ1v) is 9.82. The van der Waals surface area contributed by atoms with Crippen molar-refractivity contribution in [1.82, 2.24) is 15.2 Å². The monoisotopic (exact) mass is 438 g/mol. The van der Waals surface area contributed by atoms with Crippen LogP contribution in [0, 0.1) is 0 Å². The summed E-state index contributed by atoms with van der Waals surface area (Å²) in [6.07, 6.45) is 1.79. The van der Waals surface area contributed by atoms with E-state index in [2.05, 4.69) is 31.5 Å². The minimum absolute atomic E-state index is 0.111. The summed E-state index contributed by atoms with van der Waals surface area (Å²) in [6.45, 7) is 1.80. The molecule has 1 fully saturated rings. The van der Waals surface area contributed by atoms with Gasteiger partial charge in [-0.25, -0.2) is 0 Å². The summed E-state index contributed by atoms with van der Waals surface area (Å²) in [5, 5.41) is 7.22. The third-order valence-corrected chi connectivity index (χ3v) is 5.21. The van der Waals surface area contributed by atoms with E-state index in [1.54, 1.807) is 11.1 Å². The number of aromatic nitrogens is 1. The van der Waals surface area contributed by atoms with Gasteiger partial charge >= 0.3 is 0 Å². The molecule has 1 saturated heterocycles. The van der Waals surface area contributed by atoms with E-state index < -0.39 is 0 Å². The molecule has 0 saturated carbocycles. The Labute approximate surface area is 171 Å². The molecule has 0 unspecified atom stereocenters. The molecule has 2 aromatic carbocycles. The highest BCUT2D eigenvalue weighted by Crippen LogP contribution is 2.25. The summed E-state index contributed by atoms with van der Waals surface area (Å²) in [5.74, 6) is -0.225. The predicted molar refractivity (Wildman–Crippen MR) is 112 cm³/mol. The van der Waals surface area contributed by atoms with Crippen molar-refractivity contribution in [2.75, 3.05) is 25.0 Å². The topological polar surface area (TPSA) is 74.3 Å². The van der Waals surface area contributed by atoms with Gasteiger partial charge in [0.2, 0.25) is 5.91 Å². The molecule has 28 heavy (non-hydrogen) atoms. The van der Waals surface area contributed by atoms with Gasteiger partial charge in [-0.15, -0.1) is 0 Å². The lowest BCUT2D eigenvalue weighted by Gasteiger charge is -2.26. The molecule has 1 aliphatic rings. The number of hydrogen-bond acceptors (Lipinski definition) is 4. The Bertz CT molecular complexity index is 1040. The second-order valence-corrected chi connectivity index (χ2v) is 7.56. The molecule has 0 bridgehead atoms. The number of anilines is 1. The van der Waals surface area contributed by atoms with E-state index in [0.29, 0.717) is 25.2 Å². The summed E-state index contributed by atoms with van der Waals surface area (Å²) in [4.78, 5) is 30.0. The van der Waals surface area contributed by atoms with Crippen molar-refractivity contribution in [3.8, 4) is 0 Å². The molecule has 0 radical (unpaired) electrons. The fraction of sp³-hybridized carbons (Fsp3) is 0.190. The van der Waals surface area contributed by atoms with Crippen molar-refractivity contribution in [2.45, 2.75) is 6.54 Å². The minimum Gasteiger partial charge on any atom is -0.380 e. The lowest BCUT2D eigenvalue weighted by molar-refractivity contribution is -0.123. The molecule has 1 aromatic heterocycles. The Morgan fingerprint density at radius 3 is 2.79 bits per heavy atom. The maximum atomic E-state index is 12.5. The Morgan fingerprint density at radius 2 is 2.00 bits per heavy atom. The number of fused-ring (bicyclic) bond motifs is 1. The molecule has 0 atom stereocenters. The Morgan fingerprint density at radius 1 is 1.18 bits per heavy atom. The number of benzene rings is 2. The van der Waals surface area contributed by atoms with Gasteiger partial charge in [0, 0.05) is 46.9 Å². The molecule has 0 aliphatic carbocycles. The maximum absolute atomic E-state index is 12.5. The zero-order chi connectivity index (χ0) is 19.5. The van der Waals surface area contributed by atoms with E-state index in [1.807, 2.05) is 48.5 Å². The molecule has 7 heteroatoms. The lowest BCUT2D eigenvalue weighted by atomic mass is 10.1. The lowest BCUT2D eigenvalue weighted by Crippen LogP contribution is -2.49. The highest BCUT2D eigenvalue weighted by Gasteiger charge is 2.22. The smallest absolute Gasteiger partial charge is 0.254 e. The second kappa shape index (κ2) is 7.98. The fourth-order valence-electron chi connectivity index (χ4n) is 3.23. The molecule has 0 spiro atoms. The van der Waals surface area contributed by atoms with Crippen LogP contribution >= 0.6 is 15.9 Å². The highest BCUT2D eigenvalue weighted by atomic mass is 79.9. The first-order valence-electron chi connectivity index (χ1n) is 9.03. The summed E-state index contributed by atoms with van der Waals surface area (Å²) in [5.41, 5.74) is 3.59. The number of hydrogen-bond donors (Lipinski definition) is 2. The van der Waals surface area contributed by atoms with Crippen LogP contribution in [0.5, 0.6) is 0 Å². The van der Waals surface area contributed by atoms with Crippen molar-refractivity contribution in [3.63, 3.8) is 0 Å². The Kier molecular flexibility index (Phi) is 5.25. The summed E-state index contributed by atoms with van der Waals surface area (Å²) in [6, 6.07) is 15.5. The van der Waals surface area contributed by atoms with Crippen molar-refractivity contribution in [3.05, 3.63) is 70.3 Å². The largest absolute Gasteiger partial charge is 0.380 e. The van der Waals surface area contributed by atoms with Crippen molar-refractivity contribution >= 4 is 44.3 Å². The van der Waals surface area contributed by atoms with Crippen LogP contribution in [-0.2, 0) is 11.3 Å². The first-order chi connectivity index (χ1) is 13.6. The zero-order valence-corrected chi connectivity index (χ0v) is 16.7. The molecule has 3 aromatic rings.